The first-order valence-corrected chi connectivity index (χ1v) is 7.93. The van der Waals surface area contributed by atoms with Gasteiger partial charge in [-0.15, -0.1) is 24.2 Å². The Hall–Kier alpha value is -0.420. The van der Waals surface area contributed by atoms with Crippen LogP contribution in [0.2, 0.25) is 5.02 Å². The van der Waals surface area contributed by atoms with Gasteiger partial charge in [0, 0.05) is 22.1 Å². The second-order valence-corrected chi connectivity index (χ2v) is 6.22. The van der Waals surface area contributed by atoms with Crippen molar-refractivity contribution in [3.63, 3.8) is 0 Å². The van der Waals surface area contributed by atoms with Crippen LogP contribution in [0, 0.1) is 0 Å². The lowest BCUT2D eigenvalue weighted by Gasteiger charge is -2.26. The number of rotatable bonds is 5. The summed E-state index contributed by atoms with van der Waals surface area (Å²) in [7, 11) is 1.90. The van der Waals surface area contributed by atoms with Crippen LogP contribution in [0.5, 0.6) is 0 Å². The molecule has 0 aromatic heterocycles. The van der Waals surface area contributed by atoms with Crippen LogP contribution in [-0.4, -0.2) is 25.3 Å². The molecule has 1 unspecified atom stereocenters. The predicted octanol–water partition coefficient (Wildman–Crippen LogP) is 3.41. The molecule has 0 spiro atoms. The van der Waals surface area contributed by atoms with Crippen LogP contribution in [0.25, 0.3) is 0 Å². The van der Waals surface area contributed by atoms with E-state index in [4.69, 9.17) is 11.6 Å². The summed E-state index contributed by atoms with van der Waals surface area (Å²) in [5.74, 6) is 1.16. The Morgan fingerprint density at radius 2 is 2.30 bits per heavy atom. The Balaban J connectivity index is 0.00000200. The lowest BCUT2D eigenvalue weighted by atomic mass is 10.0. The molecule has 2 rings (SSSR count). The number of benzene rings is 1. The summed E-state index contributed by atoms with van der Waals surface area (Å²) in [5, 5.41) is 6.90. The highest BCUT2D eigenvalue weighted by atomic mass is 35.5. The minimum Gasteiger partial charge on any atom is -0.349 e. The summed E-state index contributed by atoms with van der Waals surface area (Å²) in [4.78, 5) is 13.1. The fourth-order valence-corrected chi connectivity index (χ4v) is 3.49. The molecule has 1 amide bonds. The van der Waals surface area contributed by atoms with Crippen molar-refractivity contribution in [1.82, 2.24) is 10.6 Å². The molecule has 0 saturated carbocycles. The minimum atomic E-state index is 0. The van der Waals surface area contributed by atoms with E-state index in [0.717, 1.165) is 35.7 Å². The molecular formula is C14H20Cl2N2OS. The number of amides is 1. The lowest BCUT2D eigenvalue weighted by Crippen LogP contribution is -2.30. The summed E-state index contributed by atoms with van der Waals surface area (Å²) in [6.07, 6.45) is 2.41. The van der Waals surface area contributed by atoms with Gasteiger partial charge in [-0.2, -0.15) is 0 Å². The van der Waals surface area contributed by atoms with E-state index < -0.39 is 0 Å². The average molecular weight is 335 g/mol. The van der Waals surface area contributed by atoms with Crippen molar-refractivity contribution >= 4 is 41.7 Å². The first kappa shape index (κ1) is 17.6. The quantitative estimate of drug-likeness (QED) is 0.810. The van der Waals surface area contributed by atoms with Crippen molar-refractivity contribution in [1.29, 1.82) is 0 Å². The molecule has 1 aromatic carbocycles. The van der Waals surface area contributed by atoms with Gasteiger partial charge in [0.25, 0.3) is 0 Å². The van der Waals surface area contributed by atoms with Gasteiger partial charge in [0.05, 0.1) is 6.04 Å². The Kier molecular flexibility index (Phi) is 7.74. The smallest absolute Gasteiger partial charge is 0.220 e. The number of halogens is 2. The minimum absolute atomic E-state index is 0. The summed E-state index contributed by atoms with van der Waals surface area (Å²) in [5.41, 5.74) is 1.16. The number of fused-ring (bicyclic) bond motifs is 1. The third kappa shape index (κ3) is 4.85. The number of carbonyl (C=O) groups excluding carboxylic acids is 1. The van der Waals surface area contributed by atoms with Gasteiger partial charge in [0.2, 0.25) is 5.91 Å². The van der Waals surface area contributed by atoms with Crippen molar-refractivity contribution in [2.24, 2.45) is 0 Å². The molecule has 1 aliphatic rings. The van der Waals surface area contributed by atoms with Gasteiger partial charge in [-0.05, 0) is 50.2 Å². The fourth-order valence-electron chi connectivity index (χ4n) is 2.21. The number of thioether (sulfide) groups is 1. The van der Waals surface area contributed by atoms with Crippen molar-refractivity contribution in [3.05, 3.63) is 28.8 Å². The Morgan fingerprint density at radius 3 is 3.05 bits per heavy atom. The normalized spacial score (nSPS) is 17.0. The maximum Gasteiger partial charge on any atom is 0.220 e. The molecule has 0 aliphatic carbocycles. The Labute approximate surface area is 135 Å². The molecule has 0 fully saturated rings. The zero-order chi connectivity index (χ0) is 13.7. The monoisotopic (exact) mass is 334 g/mol. The molecule has 1 heterocycles. The van der Waals surface area contributed by atoms with E-state index in [1.165, 1.54) is 4.90 Å². The second-order valence-electron chi connectivity index (χ2n) is 4.65. The van der Waals surface area contributed by atoms with E-state index >= 15 is 0 Å². The van der Waals surface area contributed by atoms with Gasteiger partial charge in [-0.3, -0.25) is 4.79 Å². The maximum absolute atomic E-state index is 11.9. The molecule has 2 N–H and O–H groups in total. The number of nitrogens with one attached hydrogen (secondary N) is 2. The van der Waals surface area contributed by atoms with Gasteiger partial charge in [0.1, 0.15) is 0 Å². The molecule has 3 nitrogen and oxygen atoms in total. The molecule has 112 valence electrons. The van der Waals surface area contributed by atoms with Crippen LogP contribution in [0.1, 0.15) is 30.9 Å². The zero-order valence-corrected chi connectivity index (χ0v) is 13.8. The van der Waals surface area contributed by atoms with Gasteiger partial charge in [-0.25, -0.2) is 0 Å². The van der Waals surface area contributed by atoms with E-state index in [0.29, 0.717) is 6.42 Å². The van der Waals surface area contributed by atoms with Crippen molar-refractivity contribution < 1.29 is 4.79 Å². The molecule has 20 heavy (non-hydrogen) atoms. The van der Waals surface area contributed by atoms with Crippen LogP contribution < -0.4 is 10.6 Å². The number of hydrogen-bond donors (Lipinski definition) is 2. The highest BCUT2D eigenvalue weighted by Gasteiger charge is 2.22. The van der Waals surface area contributed by atoms with Crippen molar-refractivity contribution in [2.45, 2.75) is 30.2 Å². The molecule has 6 heteroatoms. The van der Waals surface area contributed by atoms with Crippen LogP contribution in [0.15, 0.2) is 23.1 Å². The summed E-state index contributed by atoms with van der Waals surface area (Å²) >= 11 is 7.88. The van der Waals surface area contributed by atoms with Crippen LogP contribution in [0.4, 0.5) is 0 Å². The number of hydrogen-bond acceptors (Lipinski definition) is 3. The molecular weight excluding hydrogens is 315 g/mol. The first-order chi connectivity index (χ1) is 9.20. The van der Waals surface area contributed by atoms with Crippen LogP contribution in [0.3, 0.4) is 0 Å². The van der Waals surface area contributed by atoms with Gasteiger partial charge >= 0.3 is 0 Å². The zero-order valence-electron chi connectivity index (χ0n) is 11.4. The molecule has 0 bridgehead atoms. The molecule has 1 atom stereocenters. The van der Waals surface area contributed by atoms with Crippen molar-refractivity contribution in [3.8, 4) is 0 Å². The third-order valence-electron chi connectivity index (χ3n) is 3.18. The standard InChI is InChI=1S/C14H19ClN2OS.ClH/c1-16-7-2-3-14(18)17-12-6-8-19-13-5-4-10(15)9-11(12)13;/h4-5,9,12,16H,2-3,6-8H2,1H3,(H,17,18);1H. The first-order valence-electron chi connectivity index (χ1n) is 6.57. The largest absolute Gasteiger partial charge is 0.349 e. The van der Waals surface area contributed by atoms with E-state index in [-0.39, 0.29) is 24.4 Å². The highest BCUT2D eigenvalue weighted by molar-refractivity contribution is 7.99. The molecule has 1 aromatic rings. The van der Waals surface area contributed by atoms with Crippen LogP contribution >= 0.6 is 35.8 Å². The summed E-state index contributed by atoms with van der Waals surface area (Å²) < 4.78 is 0. The predicted molar refractivity (Wildman–Crippen MR) is 88.1 cm³/mol. The highest BCUT2D eigenvalue weighted by Crippen LogP contribution is 2.37. The van der Waals surface area contributed by atoms with E-state index in [1.807, 2.05) is 37.0 Å². The maximum atomic E-state index is 11.9. The Bertz CT molecular complexity index is 457. The SMILES string of the molecule is CNCCCC(=O)NC1CCSc2ccc(Cl)cc21.Cl. The van der Waals surface area contributed by atoms with E-state index in [9.17, 15) is 4.79 Å². The summed E-state index contributed by atoms with van der Waals surface area (Å²) in [6.45, 7) is 0.871. The molecule has 1 aliphatic heterocycles. The average Bonchev–Trinajstić information content (AvgIpc) is 2.40. The molecule has 0 saturated heterocycles. The summed E-state index contributed by atoms with van der Waals surface area (Å²) in [6, 6.07) is 6.03. The van der Waals surface area contributed by atoms with E-state index in [2.05, 4.69) is 10.6 Å². The Morgan fingerprint density at radius 1 is 1.50 bits per heavy atom. The van der Waals surface area contributed by atoms with Gasteiger partial charge in [0.15, 0.2) is 0 Å². The topological polar surface area (TPSA) is 41.1 Å². The van der Waals surface area contributed by atoms with Crippen LogP contribution in [-0.2, 0) is 4.79 Å². The van der Waals surface area contributed by atoms with E-state index in [1.54, 1.807) is 0 Å². The van der Waals surface area contributed by atoms with Crippen molar-refractivity contribution in [2.75, 3.05) is 19.3 Å². The third-order valence-corrected chi connectivity index (χ3v) is 4.53. The number of carbonyl (C=O) groups is 1. The second kappa shape index (κ2) is 8.78. The fraction of sp³-hybridized carbons (Fsp3) is 0.500. The lowest BCUT2D eigenvalue weighted by molar-refractivity contribution is -0.122. The van der Waals surface area contributed by atoms with Gasteiger partial charge < -0.3 is 10.6 Å². The van der Waals surface area contributed by atoms with Gasteiger partial charge in [-0.1, -0.05) is 11.6 Å². The molecule has 0 radical (unpaired) electrons.